The van der Waals surface area contributed by atoms with E-state index in [-0.39, 0.29) is 11.3 Å². The van der Waals surface area contributed by atoms with Gasteiger partial charge in [0.1, 0.15) is 0 Å². The van der Waals surface area contributed by atoms with Crippen molar-refractivity contribution in [3.05, 3.63) is 71.3 Å². The maximum absolute atomic E-state index is 12.5. The summed E-state index contributed by atoms with van der Waals surface area (Å²) in [5.41, 5.74) is -0.123. The lowest BCUT2D eigenvalue weighted by Crippen LogP contribution is -2.16. The predicted molar refractivity (Wildman–Crippen MR) is 80.3 cm³/mol. The van der Waals surface area contributed by atoms with Crippen molar-refractivity contribution >= 4 is 9.84 Å². The van der Waals surface area contributed by atoms with E-state index >= 15 is 0 Å². The molecule has 3 nitrogen and oxygen atoms in total. The third-order valence-electron chi connectivity index (χ3n) is 3.26. The second-order valence-corrected chi connectivity index (χ2v) is 7.28. The molecule has 1 atom stereocenters. The van der Waals surface area contributed by atoms with Gasteiger partial charge in [-0.05, 0) is 23.3 Å². The Labute approximate surface area is 132 Å². The normalized spacial score (nSPS) is 13.7. The quantitative estimate of drug-likeness (QED) is 0.905. The number of aliphatic hydroxyl groups excluding tert-OH is 1. The molecule has 124 valence electrons. The van der Waals surface area contributed by atoms with E-state index in [2.05, 4.69) is 0 Å². The summed E-state index contributed by atoms with van der Waals surface area (Å²) in [5.74, 6) is -0.779. The van der Waals surface area contributed by atoms with Crippen LogP contribution >= 0.6 is 0 Å². The Morgan fingerprint density at radius 3 is 2.04 bits per heavy atom. The van der Waals surface area contributed by atoms with Crippen molar-refractivity contribution in [1.82, 2.24) is 0 Å². The van der Waals surface area contributed by atoms with Crippen molar-refractivity contribution < 1.29 is 26.7 Å². The Kier molecular flexibility index (Phi) is 5.11. The highest BCUT2D eigenvalue weighted by atomic mass is 32.2. The van der Waals surface area contributed by atoms with E-state index in [9.17, 15) is 26.7 Å². The molecule has 0 fully saturated rings. The lowest BCUT2D eigenvalue weighted by molar-refractivity contribution is -0.137. The Balaban J connectivity index is 2.07. The molecule has 0 amide bonds. The second kappa shape index (κ2) is 6.72. The summed E-state index contributed by atoms with van der Waals surface area (Å²) in [4.78, 5) is 0. The number of halogens is 3. The van der Waals surface area contributed by atoms with Gasteiger partial charge >= 0.3 is 6.18 Å². The van der Waals surface area contributed by atoms with Gasteiger partial charge in [0.05, 0.1) is 23.2 Å². The summed E-state index contributed by atoms with van der Waals surface area (Å²) in [6, 6.07) is 12.3. The molecule has 7 heteroatoms. The van der Waals surface area contributed by atoms with E-state index in [4.69, 9.17) is 0 Å². The lowest BCUT2D eigenvalue weighted by Gasteiger charge is -2.13. The van der Waals surface area contributed by atoms with Gasteiger partial charge in [-0.3, -0.25) is 0 Å². The zero-order valence-corrected chi connectivity index (χ0v) is 12.8. The highest BCUT2D eigenvalue weighted by molar-refractivity contribution is 7.90. The first-order chi connectivity index (χ1) is 10.7. The summed E-state index contributed by atoms with van der Waals surface area (Å²) in [7, 11) is -3.59. The van der Waals surface area contributed by atoms with Crippen LogP contribution in [0.2, 0.25) is 0 Å². The summed E-state index contributed by atoms with van der Waals surface area (Å²) >= 11 is 0. The van der Waals surface area contributed by atoms with Crippen LogP contribution in [0.1, 0.15) is 22.8 Å². The fourth-order valence-electron chi connectivity index (χ4n) is 2.12. The molecule has 0 aromatic heterocycles. The van der Waals surface area contributed by atoms with Gasteiger partial charge in [-0.15, -0.1) is 0 Å². The molecule has 2 aromatic rings. The smallest absolute Gasteiger partial charge is 0.387 e. The van der Waals surface area contributed by atoms with Crippen LogP contribution in [0.3, 0.4) is 0 Å². The summed E-state index contributed by atoms with van der Waals surface area (Å²) in [6.45, 7) is 0. The van der Waals surface area contributed by atoms with Crippen molar-refractivity contribution in [1.29, 1.82) is 0 Å². The molecule has 2 aromatic carbocycles. The van der Waals surface area contributed by atoms with Gasteiger partial charge in [0.2, 0.25) is 0 Å². The molecule has 1 N–H and O–H groups in total. The fraction of sp³-hybridized carbons (Fsp3) is 0.250. The van der Waals surface area contributed by atoms with Gasteiger partial charge in [-0.2, -0.15) is 13.2 Å². The Morgan fingerprint density at radius 2 is 1.52 bits per heavy atom. The molecule has 0 spiro atoms. The summed E-state index contributed by atoms with van der Waals surface area (Å²) in [5, 5.41) is 9.97. The van der Waals surface area contributed by atoms with E-state index in [1.807, 2.05) is 0 Å². The maximum atomic E-state index is 12.5. The van der Waals surface area contributed by atoms with Gasteiger partial charge in [-0.25, -0.2) is 8.42 Å². The van der Waals surface area contributed by atoms with Gasteiger partial charge in [0, 0.05) is 0 Å². The third-order valence-corrected chi connectivity index (χ3v) is 4.86. The van der Waals surface area contributed by atoms with Crippen LogP contribution in [-0.2, 0) is 21.8 Å². The van der Waals surface area contributed by atoms with Crippen LogP contribution in [0.25, 0.3) is 0 Å². The average molecular weight is 344 g/mol. The van der Waals surface area contributed by atoms with Crippen molar-refractivity contribution in [2.45, 2.75) is 18.0 Å². The van der Waals surface area contributed by atoms with Crippen LogP contribution in [0.5, 0.6) is 0 Å². The fourth-order valence-corrected chi connectivity index (χ4v) is 3.61. The number of alkyl halides is 3. The third kappa shape index (κ3) is 5.07. The van der Waals surface area contributed by atoms with Gasteiger partial charge < -0.3 is 5.11 Å². The first-order valence-electron chi connectivity index (χ1n) is 6.77. The van der Waals surface area contributed by atoms with E-state index in [0.29, 0.717) is 5.56 Å². The van der Waals surface area contributed by atoms with Crippen molar-refractivity contribution in [3.63, 3.8) is 0 Å². The highest BCUT2D eigenvalue weighted by Gasteiger charge is 2.30. The molecular formula is C16H15F3O3S. The molecule has 0 aliphatic carbocycles. The highest BCUT2D eigenvalue weighted by Crippen LogP contribution is 2.30. The van der Waals surface area contributed by atoms with E-state index in [1.54, 1.807) is 30.3 Å². The van der Waals surface area contributed by atoms with Crippen molar-refractivity contribution in [2.24, 2.45) is 0 Å². The largest absolute Gasteiger partial charge is 0.416 e. The maximum Gasteiger partial charge on any atom is 0.416 e. The SMILES string of the molecule is O=S(=O)(Cc1ccccc1)CC(O)c1ccc(C(F)(F)F)cc1. The first-order valence-corrected chi connectivity index (χ1v) is 8.59. The van der Waals surface area contributed by atoms with E-state index in [1.165, 1.54) is 0 Å². The lowest BCUT2D eigenvalue weighted by atomic mass is 10.1. The number of aliphatic hydroxyl groups is 1. The Morgan fingerprint density at radius 1 is 0.957 bits per heavy atom. The second-order valence-electron chi connectivity index (χ2n) is 5.18. The predicted octanol–water partition coefficient (Wildman–Crippen LogP) is 3.35. The standard InChI is InChI=1S/C16H15F3O3S/c17-16(18,19)14-8-6-13(7-9-14)15(20)11-23(21,22)10-12-4-2-1-3-5-12/h1-9,15,20H,10-11H2. The monoisotopic (exact) mass is 344 g/mol. The zero-order chi connectivity index (χ0) is 17.1. The molecule has 1 unspecified atom stereocenters. The van der Waals surface area contributed by atoms with Crippen LogP contribution in [-0.4, -0.2) is 19.3 Å². The Hall–Kier alpha value is -1.86. The zero-order valence-electron chi connectivity index (χ0n) is 12.0. The van der Waals surface area contributed by atoms with Crippen LogP contribution in [0, 0.1) is 0 Å². The number of hydrogen-bond acceptors (Lipinski definition) is 3. The molecular weight excluding hydrogens is 329 g/mol. The van der Waals surface area contributed by atoms with Crippen molar-refractivity contribution in [2.75, 3.05) is 5.75 Å². The van der Waals surface area contributed by atoms with E-state index in [0.717, 1.165) is 24.3 Å². The topological polar surface area (TPSA) is 54.4 Å². The average Bonchev–Trinajstić information content (AvgIpc) is 2.46. The molecule has 0 radical (unpaired) electrons. The number of benzene rings is 2. The van der Waals surface area contributed by atoms with Gasteiger partial charge in [0.25, 0.3) is 0 Å². The molecule has 0 bridgehead atoms. The molecule has 0 saturated heterocycles. The molecule has 0 saturated carbocycles. The minimum absolute atomic E-state index is 0.134. The van der Waals surface area contributed by atoms with Crippen LogP contribution < -0.4 is 0 Å². The summed E-state index contributed by atoms with van der Waals surface area (Å²) < 4.78 is 61.6. The van der Waals surface area contributed by atoms with Crippen molar-refractivity contribution in [3.8, 4) is 0 Å². The first kappa shape index (κ1) is 17.5. The minimum Gasteiger partial charge on any atom is -0.387 e. The van der Waals surface area contributed by atoms with Gasteiger partial charge in [-0.1, -0.05) is 42.5 Å². The number of rotatable bonds is 5. The van der Waals surface area contributed by atoms with Crippen LogP contribution in [0.4, 0.5) is 13.2 Å². The number of hydrogen-bond donors (Lipinski definition) is 1. The summed E-state index contributed by atoms with van der Waals surface area (Å²) in [6.07, 6.45) is -5.84. The van der Waals surface area contributed by atoms with E-state index < -0.39 is 33.4 Å². The van der Waals surface area contributed by atoms with Gasteiger partial charge in [0.15, 0.2) is 9.84 Å². The minimum atomic E-state index is -4.47. The molecule has 0 heterocycles. The Bertz CT molecular complexity index is 738. The number of sulfone groups is 1. The molecule has 0 aliphatic heterocycles. The molecule has 0 aliphatic rings. The van der Waals surface area contributed by atoms with Crippen LogP contribution in [0.15, 0.2) is 54.6 Å². The molecule has 23 heavy (non-hydrogen) atoms. The molecule has 2 rings (SSSR count).